The summed E-state index contributed by atoms with van der Waals surface area (Å²) in [5.41, 5.74) is 2.57. The topological polar surface area (TPSA) is 48.9 Å². The van der Waals surface area contributed by atoms with Crippen LogP contribution >= 0.6 is 24.0 Å². The predicted molar refractivity (Wildman–Crippen MR) is 113 cm³/mol. The minimum atomic E-state index is 0. The molecule has 1 unspecified atom stereocenters. The second-order valence-corrected chi connectivity index (χ2v) is 6.33. The molecular weight excluding hydrogens is 415 g/mol. The number of hydrogen-bond acceptors (Lipinski definition) is 3. The van der Waals surface area contributed by atoms with Gasteiger partial charge >= 0.3 is 0 Å². The highest BCUT2D eigenvalue weighted by Gasteiger charge is 2.15. The Balaban J connectivity index is 0.00000288. The Bertz CT molecular complexity index is 515. The molecule has 0 bridgehead atoms. The summed E-state index contributed by atoms with van der Waals surface area (Å²) in [6.07, 6.45) is 0. The van der Waals surface area contributed by atoms with Crippen LogP contribution in [0.3, 0.4) is 0 Å². The summed E-state index contributed by atoms with van der Waals surface area (Å²) in [6, 6.07) is 8.94. The van der Waals surface area contributed by atoms with Crippen LogP contribution in [0, 0.1) is 5.92 Å². The predicted octanol–water partition coefficient (Wildman–Crippen LogP) is 2.85. The first kappa shape index (κ1) is 21.0. The molecule has 5 nitrogen and oxygen atoms in total. The molecule has 24 heavy (non-hydrogen) atoms. The number of guanidine groups is 1. The lowest BCUT2D eigenvalue weighted by Crippen LogP contribution is -2.44. The summed E-state index contributed by atoms with van der Waals surface area (Å²) in [4.78, 5) is 6.72. The molecule has 0 saturated carbocycles. The summed E-state index contributed by atoms with van der Waals surface area (Å²) in [5.74, 6) is 1.41. The molecule has 6 heteroatoms. The lowest BCUT2D eigenvalue weighted by Gasteiger charge is -2.31. The van der Waals surface area contributed by atoms with E-state index in [-0.39, 0.29) is 24.0 Å². The number of benzene rings is 1. The molecule has 1 heterocycles. The fraction of sp³-hybridized carbons (Fsp3) is 0.611. The molecule has 1 fully saturated rings. The van der Waals surface area contributed by atoms with E-state index >= 15 is 0 Å². The minimum Gasteiger partial charge on any atom is -0.378 e. The lowest BCUT2D eigenvalue weighted by atomic mass is 10.1. The number of hydrogen-bond donors (Lipinski definition) is 2. The van der Waals surface area contributed by atoms with Crippen LogP contribution < -0.4 is 15.5 Å². The number of anilines is 1. The van der Waals surface area contributed by atoms with E-state index in [1.54, 1.807) is 0 Å². The molecule has 1 saturated heterocycles. The Kier molecular flexibility index (Phi) is 9.43. The molecule has 2 N–H and O–H groups in total. The number of halogens is 1. The average Bonchev–Trinajstić information content (AvgIpc) is 2.59. The normalized spacial score (nSPS) is 16.5. The number of nitrogens with zero attached hydrogens (tertiary/aromatic N) is 2. The van der Waals surface area contributed by atoms with Gasteiger partial charge in [-0.3, -0.25) is 4.99 Å². The Morgan fingerprint density at radius 3 is 2.50 bits per heavy atom. The van der Waals surface area contributed by atoms with E-state index in [0.717, 1.165) is 38.8 Å². The lowest BCUT2D eigenvalue weighted by molar-refractivity contribution is 0.122. The van der Waals surface area contributed by atoms with Crippen LogP contribution in [0.15, 0.2) is 29.3 Å². The molecule has 1 aliphatic heterocycles. The zero-order chi connectivity index (χ0) is 16.7. The van der Waals surface area contributed by atoms with E-state index in [1.165, 1.54) is 11.3 Å². The molecule has 0 aromatic heterocycles. The van der Waals surface area contributed by atoms with Gasteiger partial charge in [0.1, 0.15) is 0 Å². The summed E-state index contributed by atoms with van der Waals surface area (Å²) in [5, 5.41) is 6.87. The van der Waals surface area contributed by atoms with Crippen molar-refractivity contribution in [3.05, 3.63) is 29.8 Å². The maximum Gasteiger partial charge on any atom is 0.191 e. The molecule has 0 amide bonds. The van der Waals surface area contributed by atoms with Gasteiger partial charge in [0.05, 0.1) is 13.2 Å². The highest BCUT2D eigenvalue weighted by molar-refractivity contribution is 14.0. The Morgan fingerprint density at radius 2 is 1.88 bits per heavy atom. The molecule has 1 aliphatic rings. The number of para-hydroxylation sites is 1. The van der Waals surface area contributed by atoms with Gasteiger partial charge in [0.2, 0.25) is 0 Å². The highest BCUT2D eigenvalue weighted by atomic mass is 127. The van der Waals surface area contributed by atoms with Crippen molar-refractivity contribution in [3.63, 3.8) is 0 Å². The van der Waals surface area contributed by atoms with Crippen molar-refractivity contribution >= 4 is 35.6 Å². The third-order valence-corrected chi connectivity index (χ3v) is 4.38. The fourth-order valence-corrected chi connectivity index (χ4v) is 2.53. The van der Waals surface area contributed by atoms with Gasteiger partial charge in [-0.1, -0.05) is 32.0 Å². The third kappa shape index (κ3) is 6.12. The van der Waals surface area contributed by atoms with Crippen molar-refractivity contribution < 1.29 is 4.74 Å². The number of rotatable bonds is 5. The quantitative estimate of drug-likeness (QED) is 0.415. The number of morpholine rings is 1. The molecule has 0 radical (unpaired) electrons. The second-order valence-electron chi connectivity index (χ2n) is 6.33. The van der Waals surface area contributed by atoms with E-state index in [0.29, 0.717) is 12.0 Å². The zero-order valence-electron chi connectivity index (χ0n) is 15.2. The maximum absolute atomic E-state index is 5.46. The summed E-state index contributed by atoms with van der Waals surface area (Å²) in [6.45, 7) is 10.9. The molecule has 0 aliphatic carbocycles. The van der Waals surface area contributed by atoms with Crippen molar-refractivity contribution in [1.82, 2.24) is 10.6 Å². The third-order valence-electron chi connectivity index (χ3n) is 4.38. The van der Waals surface area contributed by atoms with Gasteiger partial charge in [0.25, 0.3) is 0 Å². The molecule has 136 valence electrons. The van der Waals surface area contributed by atoms with Gasteiger partial charge in [-0.2, -0.15) is 0 Å². The second kappa shape index (κ2) is 10.8. The van der Waals surface area contributed by atoms with Crippen LogP contribution in [0.4, 0.5) is 5.69 Å². The first-order valence-corrected chi connectivity index (χ1v) is 8.49. The van der Waals surface area contributed by atoms with Gasteiger partial charge in [-0.15, -0.1) is 24.0 Å². The first-order chi connectivity index (χ1) is 11.1. The van der Waals surface area contributed by atoms with Crippen LogP contribution in [0.1, 0.15) is 26.3 Å². The molecule has 1 aromatic rings. The largest absolute Gasteiger partial charge is 0.378 e. The number of nitrogens with one attached hydrogen (secondary N) is 2. The van der Waals surface area contributed by atoms with Crippen molar-refractivity contribution in [2.75, 3.05) is 38.3 Å². The molecule has 1 atom stereocenters. The maximum atomic E-state index is 5.46. The molecule has 0 spiro atoms. The number of ether oxygens (including phenoxy) is 1. The van der Waals surface area contributed by atoms with E-state index in [1.807, 2.05) is 7.05 Å². The van der Waals surface area contributed by atoms with Gasteiger partial charge < -0.3 is 20.3 Å². The summed E-state index contributed by atoms with van der Waals surface area (Å²) >= 11 is 0. The fourth-order valence-electron chi connectivity index (χ4n) is 2.53. The Hall–Kier alpha value is -1.02. The molecule has 1 aromatic carbocycles. The smallest absolute Gasteiger partial charge is 0.191 e. The van der Waals surface area contributed by atoms with E-state index in [9.17, 15) is 0 Å². The van der Waals surface area contributed by atoms with Crippen LogP contribution in [0.2, 0.25) is 0 Å². The van der Waals surface area contributed by atoms with Gasteiger partial charge in [-0.25, -0.2) is 0 Å². The minimum absolute atomic E-state index is 0. The van der Waals surface area contributed by atoms with Crippen molar-refractivity contribution in [3.8, 4) is 0 Å². The van der Waals surface area contributed by atoms with Gasteiger partial charge in [0.15, 0.2) is 5.96 Å². The standard InChI is InChI=1S/C18H30N4O.HI/c1-14(2)15(3)21-18(19-4)20-13-16-7-5-6-8-17(16)22-9-11-23-12-10-22;/h5-8,14-15H,9-13H2,1-4H3,(H2,19,20,21);1H. The van der Waals surface area contributed by atoms with Gasteiger partial charge in [-0.05, 0) is 24.5 Å². The average molecular weight is 446 g/mol. The van der Waals surface area contributed by atoms with Crippen molar-refractivity contribution in [1.29, 1.82) is 0 Å². The highest BCUT2D eigenvalue weighted by Crippen LogP contribution is 2.21. The first-order valence-electron chi connectivity index (χ1n) is 8.49. The van der Waals surface area contributed by atoms with Crippen LogP contribution in [-0.2, 0) is 11.3 Å². The Labute approximate surface area is 163 Å². The zero-order valence-corrected chi connectivity index (χ0v) is 17.5. The van der Waals surface area contributed by atoms with Crippen molar-refractivity contribution in [2.45, 2.75) is 33.4 Å². The summed E-state index contributed by atoms with van der Waals surface area (Å²) in [7, 11) is 1.82. The van der Waals surface area contributed by atoms with E-state index in [4.69, 9.17) is 4.74 Å². The van der Waals surface area contributed by atoms with Crippen LogP contribution in [0.25, 0.3) is 0 Å². The number of aliphatic imine (C=N–C) groups is 1. The van der Waals surface area contributed by atoms with E-state index < -0.39 is 0 Å². The van der Waals surface area contributed by atoms with Crippen LogP contribution in [0.5, 0.6) is 0 Å². The monoisotopic (exact) mass is 446 g/mol. The SMILES string of the molecule is CN=C(NCc1ccccc1N1CCOCC1)NC(C)C(C)C.I. The molecule has 2 rings (SSSR count). The molecular formula is C18H31IN4O. The van der Waals surface area contributed by atoms with E-state index in [2.05, 4.69) is 65.6 Å². The summed E-state index contributed by atoms with van der Waals surface area (Å²) < 4.78 is 5.46. The Morgan fingerprint density at radius 1 is 1.21 bits per heavy atom. The van der Waals surface area contributed by atoms with Crippen LogP contribution in [-0.4, -0.2) is 45.4 Å². The van der Waals surface area contributed by atoms with Gasteiger partial charge in [0, 0.05) is 38.4 Å². The van der Waals surface area contributed by atoms with Crippen molar-refractivity contribution in [2.24, 2.45) is 10.9 Å².